The maximum atomic E-state index is 12.9. The molecule has 1 saturated carbocycles. The van der Waals surface area contributed by atoms with E-state index < -0.39 is 28.5 Å². The number of nitro groups is 1. The van der Waals surface area contributed by atoms with Gasteiger partial charge in [0.2, 0.25) is 5.52 Å². The fourth-order valence-corrected chi connectivity index (χ4v) is 3.04. The highest BCUT2D eigenvalue weighted by Crippen LogP contribution is 2.37. The van der Waals surface area contributed by atoms with Gasteiger partial charge in [0.15, 0.2) is 11.7 Å². The largest absolute Gasteiger partial charge is 0.463 e. The maximum Gasteiger partial charge on any atom is 0.418 e. The predicted octanol–water partition coefficient (Wildman–Crippen LogP) is 0.472. The molecule has 1 aliphatic carbocycles. The Bertz CT molecular complexity index is 947. The molecule has 4 rings (SSSR count). The van der Waals surface area contributed by atoms with Crippen molar-refractivity contribution in [2.45, 2.75) is 51.0 Å². The monoisotopic (exact) mass is 364 g/mol. The third kappa shape index (κ3) is 2.81. The van der Waals surface area contributed by atoms with Crippen LogP contribution in [-0.2, 0) is 14.3 Å². The molecule has 0 bridgehead atoms. The van der Waals surface area contributed by atoms with Gasteiger partial charge in [-0.25, -0.2) is 0 Å². The first-order valence-corrected chi connectivity index (χ1v) is 8.26. The van der Waals surface area contributed by atoms with Gasteiger partial charge in [0, 0.05) is 6.92 Å². The number of aromatic nitrogens is 5. The van der Waals surface area contributed by atoms with Crippen LogP contribution in [0.4, 0.5) is 5.82 Å². The van der Waals surface area contributed by atoms with Crippen LogP contribution in [0, 0.1) is 10.1 Å². The fraction of sp³-hybridized carbons (Fsp3) is 0.643. The highest BCUT2D eigenvalue weighted by Gasteiger charge is 2.37. The van der Waals surface area contributed by atoms with Crippen molar-refractivity contribution in [3.8, 4) is 0 Å². The summed E-state index contributed by atoms with van der Waals surface area (Å²) in [5, 5.41) is 22.8. The topological polar surface area (TPSA) is 144 Å². The second-order valence-electron chi connectivity index (χ2n) is 6.39. The zero-order valence-corrected chi connectivity index (χ0v) is 13.9. The summed E-state index contributed by atoms with van der Waals surface area (Å²) in [6.07, 6.45) is 1.69. The maximum absolute atomic E-state index is 12.9. The summed E-state index contributed by atoms with van der Waals surface area (Å²) in [7, 11) is 0. The molecule has 0 radical (unpaired) electrons. The molecule has 0 N–H and O–H groups in total. The summed E-state index contributed by atoms with van der Waals surface area (Å²) in [5.41, 5.74) is -0.570. The van der Waals surface area contributed by atoms with Gasteiger partial charge in [-0.3, -0.25) is 9.59 Å². The van der Waals surface area contributed by atoms with E-state index in [-0.39, 0.29) is 29.8 Å². The number of hydrogen-bond donors (Lipinski definition) is 0. The molecule has 1 saturated heterocycles. The summed E-state index contributed by atoms with van der Waals surface area (Å²) in [4.78, 5) is 34.3. The van der Waals surface area contributed by atoms with E-state index in [1.807, 2.05) is 0 Å². The van der Waals surface area contributed by atoms with E-state index in [4.69, 9.17) is 9.47 Å². The molecule has 2 fully saturated rings. The van der Waals surface area contributed by atoms with E-state index in [9.17, 15) is 19.7 Å². The Kier molecular flexibility index (Phi) is 3.90. The van der Waals surface area contributed by atoms with Crippen molar-refractivity contribution in [1.82, 2.24) is 24.8 Å². The van der Waals surface area contributed by atoms with Gasteiger partial charge in [0.05, 0.1) is 17.2 Å². The fourth-order valence-electron chi connectivity index (χ4n) is 3.04. The zero-order chi connectivity index (χ0) is 18.4. The highest BCUT2D eigenvalue weighted by molar-refractivity contribution is 5.81. The van der Waals surface area contributed by atoms with Crippen LogP contribution in [0.2, 0.25) is 0 Å². The first-order chi connectivity index (χ1) is 12.5. The van der Waals surface area contributed by atoms with Crippen LogP contribution in [0.3, 0.4) is 0 Å². The Labute approximate surface area is 145 Å². The summed E-state index contributed by atoms with van der Waals surface area (Å²) in [6, 6.07) is -0.0299. The molecule has 3 heterocycles. The molecular formula is C14H16N6O6. The molecule has 26 heavy (non-hydrogen) atoms. The Hall–Kier alpha value is -2.89. The van der Waals surface area contributed by atoms with Crippen molar-refractivity contribution in [3.63, 3.8) is 0 Å². The van der Waals surface area contributed by atoms with Gasteiger partial charge >= 0.3 is 17.3 Å². The smallest absolute Gasteiger partial charge is 0.418 e. The minimum absolute atomic E-state index is 0.0299. The average Bonchev–Trinajstić information content (AvgIpc) is 3.19. The molecule has 2 aliphatic rings. The lowest BCUT2D eigenvalue weighted by molar-refractivity contribution is -0.388. The van der Waals surface area contributed by atoms with E-state index >= 15 is 0 Å². The molecule has 138 valence electrons. The summed E-state index contributed by atoms with van der Waals surface area (Å²) in [5.74, 6) is -0.875. The van der Waals surface area contributed by atoms with Crippen molar-refractivity contribution < 1.29 is 19.2 Å². The molecule has 1 aliphatic heterocycles. The zero-order valence-electron chi connectivity index (χ0n) is 13.9. The second-order valence-corrected chi connectivity index (χ2v) is 6.39. The van der Waals surface area contributed by atoms with E-state index in [0.29, 0.717) is 12.8 Å². The Morgan fingerprint density at radius 1 is 1.35 bits per heavy atom. The van der Waals surface area contributed by atoms with Crippen LogP contribution in [0.25, 0.3) is 11.0 Å². The van der Waals surface area contributed by atoms with Crippen molar-refractivity contribution in [2.24, 2.45) is 0 Å². The third-order valence-corrected chi connectivity index (χ3v) is 4.42. The SMILES string of the molecule is CC(=O)OCC1CCC(n2nnc3c([N+](=O)[O-])nn(C4CC4)c3c2=O)O1. The van der Waals surface area contributed by atoms with E-state index in [1.165, 1.54) is 11.6 Å². The highest BCUT2D eigenvalue weighted by atomic mass is 16.6. The summed E-state index contributed by atoms with van der Waals surface area (Å²) >= 11 is 0. The van der Waals surface area contributed by atoms with Gasteiger partial charge in [0.1, 0.15) is 6.61 Å². The van der Waals surface area contributed by atoms with Crippen molar-refractivity contribution in [3.05, 3.63) is 20.5 Å². The number of rotatable bonds is 5. The van der Waals surface area contributed by atoms with Gasteiger partial charge in [-0.1, -0.05) is 5.21 Å². The van der Waals surface area contributed by atoms with Crippen LogP contribution in [0.1, 0.15) is 44.9 Å². The molecule has 2 unspecified atom stereocenters. The van der Waals surface area contributed by atoms with Gasteiger partial charge in [0.25, 0.3) is 0 Å². The molecular weight excluding hydrogens is 348 g/mol. The van der Waals surface area contributed by atoms with Crippen LogP contribution in [0.15, 0.2) is 4.79 Å². The number of ether oxygens (including phenoxy) is 2. The molecule has 0 amide bonds. The van der Waals surface area contributed by atoms with Gasteiger partial charge in [-0.15, -0.1) is 5.10 Å². The lowest BCUT2D eigenvalue weighted by Gasteiger charge is -2.14. The van der Waals surface area contributed by atoms with E-state index in [2.05, 4.69) is 15.4 Å². The second kappa shape index (κ2) is 6.12. The van der Waals surface area contributed by atoms with Crippen LogP contribution in [-0.4, -0.2) is 48.4 Å². The minimum atomic E-state index is -0.666. The van der Waals surface area contributed by atoms with E-state index in [0.717, 1.165) is 17.5 Å². The number of fused-ring (bicyclic) bond motifs is 1. The normalized spacial score (nSPS) is 22.7. The summed E-state index contributed by atoms with van der Waals surface area (Å²) in [6.45, 7) is 1.41. The van der Waals surface area contributed by atoms with Crippen LogP contribution < -0.4 is 5.56 Å². The van der Waals surface area contributed by atoms with Gasteiger partial charge in [-0.05, 0) is 30.6 Å². The molecule has 2 aromatic heterocycles. The number of carbonyl (C=O) groups is 1. The number of hydrogen-bond acceptors (Lipinski definition) is 9. The van der Waals surface area contributed by atoms with E-state index in [1.54, 1.807) is 0 Å². The molecule has 12 heteroatoms. The quantitative estimate of drug-likeness (QED) is 0.420. The summed E-state index contributed by atoms with van der Waals surface area (Å²) < 4.78 is 13.1. The number of esters is 1. The van der Waals surface area contributed by atoms with Crippen molar-refractivity contribution in [1.29, 1.82) is 0 Å². The molecule has 0 aromatic carbocycles. The first-order valence-electron chi connectivity index (χ1n) is 8.26. The standard InChI is InChI=1S/C14H16N6O6/c1-7(21)25-6-9-4-5-10(26-9)19-14(22)12-11(15-17-19)13(20(23)24)16-18(12)8-2-3-8/h8-10H,2-6H2,1H3. The molecule has 12 nitrogen and oxygen atoms in total. The molecule has 2 atom stereocenters. The Morgan fingerprint density at radius 2 is 2.12 bits per heavy atom. The van der Waals surface area contributed by atoms with Crippen LogP contribution in [0.5, 0.6) is 0 Å². The Morgan fingerprint density at radius 3 is 2.77 bits per heavy atom. The number of nitrogens with zero attached hydrogens (tertiary/aromatic N) is 6. The van der Waals surface area contributed by atoms with Crippen LogP contribution >= 0.6 is 0 Å². The average molecular weight is 364 g/mol. The Balaban J connectivity index is 1.68. The molecule has 0 spiro atoms. The predicted molar refractivity (Wildman–Crippen MR) is 84.3 cm³/mol. The lowest BCUT2D eigenvalue weighted by atomic mass is 10.2. The van der Waals surface area contributed by atoms with Gasteiger partial charge < -0.3 is 19.6 Å². The van der Waals surface area contributed by atoms with Crippen molar-refractivity contribution in [2.75, 3.05) is 6.61 Å². The first kappa shape index (κ1) is 16.6. The van der Waals surface area contributed by atoms with Gasteiger partial charge in [-0.2, -0.15) is 9.36 Å². The minimum Gasteiger partial charge on any atom is -0.463 e. The lowest BCUT2D eigenvalue weighted by Crippen LogP contribution is -2.30. The van der Waals surface area contributed by atoms with Crippen molar-refractivity contribution >= 4 is 22.8 Å². The molecule has 2 aromatic rings. The third-order valence-electron chi connectivity index (χ3n) is 4.42. The number of carbonyl (C=O) groups excluding carboxylic acids is 1.